The van der Waals surface area contributed by atoms with Crippen molar-refractivity contribution in [3.8, 4) is 11.1 Å². The summed E-state index contributed by atoms with van der Waals surface area (Å²) in [6, 6.07) is 7.92. The predicted molar refractivity (Wildman–Crippen MR) is 92.4 cm³/mol. The second-order valence-corrected chi connectivity index (χ2v) is 7.56. The molecule has 6 heteroatoms. The number of aryl methyl sites for hydroxylation is 1. The lowest BCUT2D eigenvalue weighted by Crippen LogP contribution is -2.11. The first-order valence-electron chi connectivity index (χ1n) is 6.40. The zero-order chi connectivity index (χ0) is 15.1. The van der Waals surface area contributed by atoms with Crippen molar-refractivity contribution in [3.63, 3.8) is 0 Å². The molecule has 0 saturated carbocycles. The van der Waals surface area contributed by atoms with Gasteiger partial charge in [-0.25, -0.2) is 4.98 Å². The fourth-order valence-electron chi connectivity index (χ4n) is 2.32. The summed E-state index contributed by atoms with van der Waals surface area (Å²) in [5, 5.41) is 0.315. The predicted octanol–water partition coefficient (Wildman–Crippen LogP) is 5.02. The first-order valence-corrected chi connectivity index (χ1v) is 8.45. The molecule has 0 spiro atoms. The Morgan fingerprint density at radius 3 is 2.86 bits per heavy atom. The minimum absolute atomic E-state index is 0.137. The lowest BCUT2D eigenvalue weighted by Gasteiger charge is -2.04. The van der Waals surface area contributed by atoms with Crippen LogP contribution in [0.4, 0.5) is 0 Å². The summed E-state index contributed by atoms with van der Waals surface area (Å²) in [5.74, 6) is 0.510. The zero-order valence-electron chi connectivity index (χ0n) is 11.4. The number of benzene rings is 1. The molecule has 0 radical (unpaired) electrons. The van der Waals surface area contributed by atoms with Crippen LogP contribution < -0.4 is 5.56 Å². The minimum Gasteiger partial charge on any atom is -0.309 e. The first-order chi connectivity index (χ1) is 9.97. The van der Waals surface area contributed by atoms with E-state index in [2.05, 4.69) is 25.9 Å². The van der Waals surface area contributed by atoms with Gasteiger partial charge in [-0.3, -0.25) is 4.79 Å². The quantitative estimate of drug-likeness (QED) is 0.631. The average molecular weight is 384 g/mol. The van der Waals surface area contributed by atoms with Crippen LogP contribution in [-0.2, 0) is 0 Å². The van der Waals surface area contributed by atoms with E-state index in [0.29, 0.717) is 11.2 Å². The van der Waals surface area contributed by atoms with Gasteiger partial charge in [-0.15, -0.1) is 22.9 Å². The number of thiophene rings is 1. The third kappa shape index (κ3) is 2.65. The summed E-state index contributed by atoms with van der Waals surface area (Å²) in [6.45, 7) is 3.80. The Labute approximate surface area is 139 Å². The molecule has 1 aromatic carbocycles. The van der Waals surface area contributed by atoms with Crippen LogP contribution in [-0.4, -0.2) is 9.97 Å². The normalized spacial score (nSPS) is 12.8. The summed E-state index contributed by atoms with van der Waals surface area (Å²) in [6.07, 6.45) is 0. The molecule has 108 valence electrons. The van der Waals surface area contributed by atoms with Crippen LogP contribution in [0.5, 0.6) is 0 Å². The van der Waals surface area contributed by atoms with Crippen LogP contribution in [0, 0.1) is 6.92 Å². The number of alkyl halides is 1. The van der Waals surface area contributed by atoms with Crippen molar-refractivity contribution in [2.45, 2.75) is 19.2 Å². The molecule has 3 nitrogen and oxygen atoms in total. The maximum absolute atomic E-state index is 12.4. The van der Waals surface area contributed by atoms with Crippen LogP contribution in [0.15, 0.2) is 33.5 Å². The maximum Gasteiger partial charge on any atom is 0.260 e. The Balaban J connectivity index is 2.34. The highest BCUT2D eigenvalue weighted by Crippen LogP contribution is 2.36. The minimum atomic E-state index is -0.321. The third-order valence-electron chi connectivity index (χ3n) is 3.25. The maximum atomic E-state index is 12.4. The molecule has 0 fully saturated rings. The van der Waals surface area contributed by atoms with Gasteiger partial charge < -0.3 is 4.98 Å². The molecule has 0 bridgehead atoms. The Kier molecular flexibility index (Phi) is 3.90. The third-order valence-corrected chi connectivity index (χ3v) is 4.95. The zero-order valence-corrected chi connectivity index (χ0v) is 14.6. The lowest BCUT2D eigenvalue weighted by molar-refractivity contribution is 0.917. The van der Waals surface area contributed by atoms with E-state index in [1.807, 2.05) is 31.2 Å². The highest BCUT2D eigenvalue weighted by atomic mass is 79.9. The van der Waals surface area contributed by atoms with Gasteiger partial charge in [0.05, 0.1) is 10.8 Å². The molecule has 0 aliphatic carbocycles. The second-order valence-electron chi connectivity index (χ2n) is 4.79. The average Bonchev–Trinajstić information content (AvgIpc) is 2.75. The van der Waals surface area contributed by atoms with Gasteiger partial charge in [0, 0.05) is 14.9 Å². The SMILES string of the molecule is Cc1sc2nc(C(C)Cl)[nH]c(=O)c2c1-c1cccc(Br)c1. The van der Waals surface area contributed by atoms with Gasteiger partial charge in [-0.1, -0.05) is 28.1 Å². The van der Waals surface area contributed by atoms with Crippen LogP contribution in [0.1, 0.15) is 23.0 Å². The molecule has 21 heavy (non-hydrogen) atoms. The van der Waals surface area contributed by atoms with E-state index in [9.17, 15) is 4.79 Å². The van der Waals surface area contributed by atoms with Crippen molar-refractivity contribution in [1.82, 2.24) is 9.97 Å². The van der Waals surface area contributed by atoms with Gasteiger partial charge in [0.1, 0.15) is 10.7 Å². The Bertz CT molecular complexity index is 885. The van der Waals surface area contributed by atoms with Gasteiger partial charge in [-0.2, -0.15) is 0 Å². The molecule has 2 heterocycles. The number of fused-ring (bicyclic) bond motifs is 1. The first kappa shape index (κ1) is 14.8. The summed E-state index contributed by atoms with van der Waals surface area (Å²) < 4.78 is 0.981. The molecule has 3 rings (SSSR count). The molecule has 0 amide bonds. The van der Waals surface area contributed by atoms with E-state index >= 15 is 0 Å². The Hall–Kier alpha value is -1.17. The number of nitrogens with zero attached hydrogens (tertiary/aromatic N) is 1. The van der Waals surface area contributed by atoms with Gasteiger partial charge in [0.15, 0.2) is 0 Å². The van der Waals surface area contributed by atoms with Gasteiger partial charge in [0.2, 0.25) is 0 Å². The molecule has 1 atom stereocenters. The van der Waals surface area contributed by atoms with E-state index in [0.717, 1.165) is 25.3 Å². The van der Waals surface area contributed by atoms with Gasteiger partial charge in [-0.05, 0) is 31.5 Å². The summed E-state index contributed by atoms with van der Waals surface area (Å²) in [4.78, 5) is 21.5. The fraction of sp³-hybridized carbons (Fsp3) is 0.200. The molecule has 0 saturated heterocycles. The highest BCUT2D eigenvalue weighted by molar-refractivity contribution is 9.10. The molecular weight excluding hydrogens is 372 g/mol. The number of hydrogen-bond acceptors (Lipinski definition) is 3. The number of aromatic amines is 1. The van der Waals surface area contributed by atoms with E-state index < -0.39 is 0 Å². The highest BCUT2D eigenvalue weighted by Gasteiger charge is 2.17. The smallest absolute Gasteiger partial charge is 0.260 e. The number of aromatic nitrogens is 2. The summed E-state index contributed by atoms with van der Waals surface area (Å²) in [5.41, 5.74) is 1.81. The van der Waals surface area contributed by atoms with Crippen molar-refractivity contribution < 1.29 is 0 Å². The van der Waals surface area contributed by atoms with Crippen molar-refractivity contribution >= 4 is 49.1 Å². The lowest BCUT2D eigenvalue weighted by atomic mass is 10.0. The van der Waals surface area contributed by atoms with E-state index in [-0.39, 0.29) is 10.9 Å². The second kappa shape index (κ2) is 5.55. The van der Waals surface area contributed by atoms with Crippen LogP contribution in [0.3, 0.4) is 0 Å². The van der Waals surface area contributed by atoms with E-state index in [4.69, 9.17) is 11.6 Å². The largest absolute Gasteiger partial charge is 0.309 e. The summed E-state index contributed by atoms with van der Waals surface area (Å²) >= 11 is 11.0. The monoisotopic (exact) mass is 382 g/mol. The number of H-pyrrole nitrogens is 1. The Morgan fingerprint density at radius 1 is 1.43 bits per heavy atom. The number of halogens is 2. The molecular formula is C15H12BrClN2OS. The van der Waals surface area contributed by atoms with E-state index in [1.54, 1.807) is 6.92 Å². The molecule has 2 aromatic heterocycles. The number of hydrogen-bond donors (Lipinski definition) is 1. The van der Waals surface area contributed by atoms with Crippen molar-refractivity contribution in [2.75, 3.05) is 0 Å². The van der Waals surface area contributed by atoms with Crippen LogP contribution in [0.2, 0.25) is 0 Å². The van der Waals surface area contributed by atoms with Gasteiger partial charge >= 0.3 is 0 Å². The van der Waals surface area contributed by atoms with Crippen molar-refractivity contribution in [3.05, 3.63) is 49.8 Å². The molecule has 1 unspecified atom stereocenters. The molecule has 1 N–H and O–H groups in total. The topological polar surface area (TPSA) is 45.8 Å². The van der Waals surface area contributed by atoms with Gasteiger partial charge in [0.25, 0.3) is 5.56 Å². The van der Waals surface area contributed by atoms with E-state index in [1.165, 1.54) is 11.3 Å². The van der Waals surface area contributed by atoms with Crippen molar-refractivity contribution in [1.29, 1.82) is 0 Å². The van der Waals surface area contributed by atoms with Crippen molar-refractivity contribution in [2.24, 2.45) is 0 Å². The molecule has 0 aliphatic rings. The Morgan fingerprint density at radius 2 is 2.19 bits per heavy atom. The van der Waals surface area contributed by atoms with Crippen LogP contribution in [0.25, 0.3) is 21.3 Å². The number of nitrogens with one attached hydrogen (secondary N) is 1. The standard InChI is InChI=1S/C15H12BrClN2OS/c1-7(17)13-18-14(20)12-11(8(2)21-15(12)19-13)9-4-3-5-10(16)6-9/h3-7H,1-2H3,(H,18,19,20). The fourth-order valence-corrected chi connectivity index (χ4v) is 3.87. The summed E-state index contributed by atoms with van der Waals surface area (Å²) in [7, 11) is 0. The molecule has 3 aromatic rings. The van der Waals surface area contributed by atoms with Crippen LogP contribution >= 0.6 is 38.9 Å². The molecule has 0 aliphatic heterocycles. The number of rotatable bonds is 2.